The molecule has 1 saturated heterocycles. The quantitative estimate of drug-likeness (QED) is 0.565. The van der Waals surface area contributed by atoms with Crippen LogP contribution in [0.15, 0.2) is 45.9 Å². The zero-order valence-electron chi connectivity index (χ0n) is 19.9. The number of nitrogens with one attached hydrogen (secondary N) is 2. The van der Waals surface area contributed by atoms with Gasteiger partial charge in [0.15, 0.2) is 11.5 Å². The van der Waals surface area contributed by atoms with Crippen molar-refractivity contribution in [3.63, 3.8) is 0 Å². The highest BCUT2D eigenvalue weighted by molar-refractivity contribution is 7.89. The average molecular weight is 508 g/mol. The summed E-state index contributed by atoms with van der Waals surface area (Å²) in [7, 11) is -4.08. The first-order valence-electron chi connectivity index (χ1n) is 11.4. The van der Waals surface area contributed by atoms with Crippen LogP contribution in [0.4, 0.5) is 4.39 Å². The number of aryl methyl sites for hydroxylation is 1. The molecule has 0 radical (unpaired) electrons. The van der Waals surface area contributed by atoms with E-state index in [1.165, 1.54) is 18.4 Å². The number of sulfonamides is 1. The molecule has 2 heterocycles. The summed E-state index contributed by atoms with van der Waals surface area (Å²) in [5.41, 5.74) is 0.629. The predicted octanol–water partition coefficient (Wildman–Crippen LogP) is 2.41. The Morgan fingerprint density at radius 1 is 1.26 bits per heavy atom. The van der Waals surface area contributed by atoms with Gasteiger partial charge in [0.2, 0.25) is 15.9 Å². The summed E-state index contributed by atoms with van der Waals surface area (Å²) in [6, 6.07) is 4.43. The topological polar surface area (TPSA) is 126 Å². The summed E-state index contributed by atoms with van der Waals surface area (Å²) in [6.45, 7) is 5.12. The number of furan rings is 1. The number of amides is 2. The fraction of sp³-hybridized carbons (Fsp3) is 0.458. The standard InChI is InChI=1S/C24H30FN3O6S/c1-15(2)12-20(27-24(31)22-16(3)9-11-34-22)23(30)26-19-8-5-10-28(14-21(19)29)35(32,33)18-7-4-6-17(25)13-18/h4,6-7,9,11,13,15,19-20H,5,8,10,12,14H2,1-3H3,(H,26,30)(H,27,31)/t19?,20-/m0/s1. The number of rotatable bonds is 8. The minimum atomic E-state index is -4.08. The monoisotopic (exact) mass is 507 g/mol. The van der Waals surface area contributed by atoms with Crippen molar-refractivity contribution in [2.45, 2.75) is 57.0 Å². The van der Waals surface area contributed by atoms with Gasteiger partial charge in [-0.25, -0.2) is 12.8 Å². The molecule has 1 fully saturated rings. The van der Waals surface area contributed by atoms with E-state index in [0.29, 0.717) is 18.4 Å². The van der Waals surface area contributed by atoms with Crippen LogP contribution in [0, 0.1) is 18.7 Å². The first kappa shape index (κ1) is 26.6. The lowest BCUT2D eigenvalue weighted by Crippen LogP contribution is -2.52. The van der Waals surface area contributed by atoms with Crippen molar-refractivity contribution in [1.82, 2.24) is 14.9 Å². The number of carbonyl (C=O) groups is 3. The molecular formula is C24H30FN3O6S. The Labute approximate surface area is 204 Å². The fourth-order valence-electron chi connectivity index (χ4n) is 3.93. The highest BCUT2D eigenvalue weighted by Gasteiger charge is 2.34. The molecular weight excluding hydrogens is 477 g/mol. The van der Waals surface area contributed by atoms with Crippen LogP contribution in [0.25, 0.3) is 0 Å². The van der Waals surface area contributed by atoms with Crippen LogP contribution in [0.1, 0.15) is 49.2 Å². The van der Waals surface area contributed by atoms with E-state index in [1.807, 2.05) is 13.8 Å². The van der Waals surface area contributed by atoms with Gasteiger partial charge in [-0.1, -0.05) is 19.9 Å². The zero-order chi connectivity index (χ0) is 25.8. The second-order valence-electron chi connectivity index (χ2n) is 9.05. The molecule has 2 aromatic rings. The Bertz CT molecular complexity index is 1190. The van der Waals surface area contributed by atoms with E-state index in [2.05, 4.69) is 10.6 Å². The van der Waals surface area contributed by atoms with Crippen LogP contribution in [0.3, 0.4) is 0 Å². The summed E-state index contributed by atoms with van der Waals surface area (Å²) in [4.78, 5) is 38.3. The van der Waals surface area contributed by atoms with Crippen molar-refractivity contribution in [2.24, 2.45) is 5.92 Å². The summed E-state index contributed by atoms with van der Waals surface area (Å²) in [5, 5.41) is 5.36. The van der Waals surface area contributed by atoms with Crippen molar-refractivity contribution >= 4 is 27.6 Å². The number of nitrogens with zero attached hydrogens (tertiary/aromatic N) is 1. The number of benzene rings is 1. The molecule has 0 spiro atoms. The van der Waals surface area contributed by atoms with Gasteiger partial charge in [0.25, 0.3) is 5.91 Å². The third kappa shape index (κ3) is 6.55. The van der Waals surface area contributed by atoms with Crippen LogP contribution in [0.5, 0.6) is 0 Å². The average Bonchev–Trinajstić information content (AvgIpc) is 3.13. The zero-order valence-corrected chi connectivity index (χ0v) is 20.7. The second-order valence-corrected chi connectivity index (χ2v) is 11.0. The van der Waals surface area contributed by atoms with Gasteiger partial charge in [-0.05, 0) is 56.4 Å². The molecule has 2 N–H and O–H groups in total. The number of hydrogen-bond donors (Lipinski definition) is 2. The number of carbonyl (C=O) groups excluding carboxylic acids is 3. The molecule has 11 heteroatoms. The summed E-state index contributed by atoms with van der Waals surface area (Å²) in [5.74, 6) is -2.06. The third-order valence-corrected chi connectivity index (χ3v) is 7.61. The van der Waals surface area contributed by atoms with Crippen LogP contribution in [-0.2, 0) is 19.6 Å². The van der Waals surface area contributed by atoms with E-state index in [9.17, 15) is 27.2 Å². The lowest BCUT2D eigenvalue weighted by molar-refractivity contribution is -0.129. The normalized spacial score (nSPS) is 18.2. The Morgan fingerprint density at radius 2 is 2.00 bits per heavy atom. The number of halogens is 1. The van der Waals surface area contributed by atoms with Gasteiger partial charge in [-0.15, -0.1) is 0 Å². The SMILES string of the molecule is Cc1ccoc1C(=O)N[C@@H](CC(C)C)C(=O)NC1CCCN(S(=O)(=O)c2cccc(F)c2)CC1=O. The van der Waals surface area contributed by atoms with Crippen LogP contribution >= 0.6 is 0 Å². The number of ketones is 1. The molecule has 190 valence electrons. The lowest BCUT2D eigenvalue weighted by atomic mass is 10.0. The summed E-state index contributed by atoms with van der Waals surface area (Å²) in [6.07, 6.45) is 2.27. The molecule has 35 heavy (non-hydrogen) atoms. The third-order valence-electron chi connectivity index (χ3n) is 5.77. The van der Waals surface area contributed by atoms with E-state index in [4.69, 9.17) is 4.42 Å². The van der Waals surface area contributed by atoms with Crippen LogP contribution in [-0.4, -0.2) is 55.5 Å². The van der Waals surface area contributed by atoms with Gasteiger partial charge < -0.3 is 15.1 Å². The van der Waals surface area contributed by atoms with Gasteiger partial charge in [0.1, 0.15) is 11.9 Å². The fourth-order valence-corrected chi connectivity index (χ4v) is 5.41. The minimum absolute atomic E-state index is 0.0564. The molecule has 0 saturated carbocycles. The van der Waals surface area contributed by atoms with Crippen molar-refractivity contribution in [1.29, 1.82) is 0 Å². The van der Waals surface area contributed by atoms with Crippen LogP contribution < -0.4 is 10.6 Å². The molecule has 1 aromatic carbocycles. The maximum Gasteiger partial charge on any atom is 0.287 e. The summed E-state index contributed by atoms with van der Waals surface area (Å²) < 4.78 is 45.6. The predicted molar refractivity (Wildman–Crippen MR) is 125 cm³/mol. The summed E-state index contributed by atoms with van der Waals surface area (Å²) >= 11 is 0. The van der Waals surface area contributed by atoms with Crippen molar-refractivity contribution in [2.75, 3.05) is 13.1 Å². The van der Waals surface area contributed by atoms with Crippen molar-refractivity contribution in [3.05, 3.63) is 53.7 Å². The largest absolute Gasteiger partial charge is 0.459 e. The molecule has 2 amide bonds. The van der Waals surface area contributed by atoms with Gasteiger partial charge in [0, 0.05) is 12.1 Å². The van der Waals surface area contributed by atoms with Gasteiger partial charge in [-0.3, -0.25) is 14.4 Å². The smallest absolute Gasteiger partial charge is 0.287 e. The van der Waals surface area contributed by atoms with E-state index in [-0.39, 0.29) is 29.5 Å². The van der Waals surface area contributed by atoms with E-state index in [0.717, 1.165) is 16.4 Å². The Morgan fingerprint density at radius 3 is 2.63 bits per heavy atom. The van der Waals surface area contributed by atoms with E-state index < -0.39 is 52.1 Å². The molecule has 0 aliphatic carbocycles. The minimum Gasteiger partial charge on any atom is -0.459 e. The Kier molecular flexibility index (Phi) is 8.44. The Balaban J connectivity index is 1.70. The molecule has 3 rings (SSSR count). The highest BCUT2D eigenvalue weighted by atomic mass is 32.2. The van der Waals surface area contributed by atoms with Gasteiger partial charge in [0.05, 0.1) is 23.7 Å². The van der Waals surface area contributed by atoms with Crippen molar-refractivity contribution in [3.8, 4) is 0 Å². The highest BCUT2D eigenvalue weighted by Crippen LogP contribution is 2.20. The molecule has 1 aromatic heterocycles. The maximum atomic E-state index is 13.6. The molecule has 1 unspecified atom stereocenters. The number of hydrogen-bond acceptors (Lipinski definition) is 6. The number of Topliss-reactive ketones (excluding diaryl/α,β-unsaturated/α-hetero) is 1. The second kappa shape index (κ2) is 11.1. The molecule has 1 aliphatic heterocycles. The first-order chi connectivity index (χ1) is 16.5. The Hall–Kier alpha value is -3.05. The van der Waals surface area contributed by atoms with Gasteiger partial charge in [-0.2, -0.15) is 4.31 Å². The van der Waals surface area contributed by atoms with E-state index in [1.54, 1.807) is 13.0 Å². The van der Waals surface area contributed by atoms with Crippen LogP contribution in [0.2, 0.25) is 0 Å². The van der Waals surface area contributed by atoms with Crippen molar-refractivity contribution < 1.29 is 31.6 Å². The lowest BCUT2D eigenvalue weighted by Gasteiger charge is -2.23. The van der Waals surface area contributed by atoms with Gasteiger partial charge >= 0.3 is 0 Å². The molecule has 1 aliphatic rings. The molecule has 9 nitrogen and oxygen atoms in total. The molecule has 2 atom stereocenters. The molecule has 0 bridgehead atoms. The maximum absolute atomic E-state index is 13.6. The van der Waals surface area contributed by atoms with E-state index >= 15 is 0 Å². The first-order valence-corrected chi connectivity index (χ1v) is 12.9.